The van der Waals surface area contributed by atoms with E-state index in [2.05, 4.69) is 21.2 Å². The lowest BCUT2D eigenvalue weighted by atomic mass is 10.1. The van der Waals surface area contributed by atoms with Gasteiger partial charge in [-0.25, -0.2) is 9.18 Å². The highest BCUT2D eigenvalue weighted by Crippen LogP contribution is 2.21. The Morgan fingerprint density at radius 2 is 1.73 bits per heavy atom. The van der Waals surface area contributed by atoms with Gasteiger partial charge in [0.05, 0.1) is 11.3 Å². The van der Waals surface area contributed by atoms with Crippen LogP contribution in [0.2, 0.25) is 0 Å². The van der Waals surface area contributed by atoms with Gasteiger partial charge in [-0.2, -0.15) is 5.26 Å². The zero-order valence-corrected chi connectivity index (χ0v) is 17.0. The predicted molar refractivity (Wildman–Crippen MR) is 114 cm³/mol. The minimum Gasteiger partial charge on any atom is -0.423 e. The molecule has 0 aromatic heterocycles. The summed E-state index contributed by atoms with van der Waals surface area (Å²) in [5.74, 6) is -1.54. The van der Waals surface area contributed by atoms with Crippen LogP contribution >= 0.6 is 15.9 Å². The number of hydrogen-bond donors (Lipinski definition) is 1. The molecule has 3 aromatic carbocycles. The number of nitrogens with zero attached hydrogens (tertiary/aromatic N) is 1. The van der Waals surface area contributed by atoms with E-state index in [9.17, 15) is 19.2 Å². The average Bonchev–Trinajstić information content (AvgIpc) is 2.75. The number of rotatable bonds is 5. The summed E-state index contributed by atoms with van der Waals surface area (Å²) in [4.78, 5) is 24.4. The zero-order chi connectivity index (χ0) is 21.5. The molecule has 0 radical (unpaired) electrons. The first-order valence-electron chi connectivity index (χ1n) is 8.72. The second kappa shape index (κ2) is 9.63. The number of nitriles is 1. The molecular formula is C23H14BrFN2O3. The van der Waals surface area contributed by atoms with Crippen LogP contribution in [0.5, 0.6) is 5.75 Å². The average molecular weight is 465 g/mol. The fourth-order valence-corrected chi connectivity index (χ4v) is 2.80. The normalized spacial score (nSPS) is 10.8. The summed E-state index contributed by atoms with van der Waals surface area (Å²) < 4.78 is 19.7. The van der Waals surface area contributed by atoms with Crippen molar-refractivity contribution in [2.75, 3.05) is 5.32 Å². The third-order valence-corrected chi connectivity index (χ3v) is 4.45. The van der Waals surface area contributed by atoms with Crippen LogP contribution in [0.3, 0.4) is 0 Å². The van der Waals surface area contributed by atoms with E-state index in [-0.39, 0.29) is 11.3 Å². The van der Waals surface area contributed by atoms with E-state index in [1.54, 1.807) is 66.7 Å². The first-order valence-corrected chi connectivity index (χ1v) is 9.51. The zero-order valence-electron chi connectivity index (χ0n) is 15.4. The summed E-state index contributed by atoms with van der Waals surface area (Å²) in [5, 5.41) is 11.7. The number of anilines is 1. The van der Waals surface area contributed by atoms with Gasteiger partial charge >= 0.3 is 5.97 Å². The lowest BCUT2D eigenvalue weighted by Gasteiger charge is -2.07. The van der Waals surface area contributed by atoms with Crippen LogP contribution in [0.1, 0.15) is 15.9 Å². The number of carbonyl (C=O) groups excluding carboxylic acids is 2. The van der Waals surface area contributed by atoms with Crippen molar-refractivity contribution in [3.63, 3.8) is 0 Å². The molecule has 0 heterocycles. The molecule has 148 valence electrons. The van der Waals surface area contributed by atoms with Crippen LogP contribution in [0.15, 0.2) is 82.8 Å². The van der Waals surface area contributed by atoms with E-state index in [1.165, 1.54) is 18.2 Å². The molecule has 1 amide bonds. The third-order valence-electron chi connectivity index (χ3n) is 3.96. The van der Waals surface area contributed by atoms with Gasteiger partial charge in [0, 0.05) is 4.47 Å². The molecule has 30 heavy (non-hydrogen) atoms. The van der Waals surface area contributed by atoms with Gasteiger partial charge in [0.15, 0.2) is 0 Å². The van der Waals surface area contributed by atoms with E-state index in [0.29, 0.717) is 21.3 Å². The molecular weight excluding hydrogens is 451 g/mol. The Kier molecular flexibility index (Phi) is 6.73. The molecule has 0 unspecified atom stereocenters. The molecule has 0 aliphatic rings. The van der Waals surface area contributed by atoms with E-state index in [0.717, 1.165) is 0 Å². The lowest BCUT2D eigenvalue weighted by molar-refractivity contribution is -0.112. The van der Waals surface area contributed by atoms with Gasteiger partial charge in [0.1, 0.15) is 23.2 Å². The fraction of sp³-hybridized carbons (Fsp3) is 0. The van der Waals surface area contributed by atoms with Gasteiger partial charge in [-0.3, -0.25) is 4.79 Å². The van der Waals surface area contributed by atoms with E-state index in [1.807, 2.05) is 0 Å². The number of hydrogen-bond acceptors (Lipinski definition) is 4. The second-order valence-electron chi connectivity index (χ2n) is 6.07. The van der Waals surface area contributed by atoms with Gasteiger partial charge < -0.3 is 10.1 Å². The van der Waals surface area contributed by atoms with Crippen molar-refractivity contribution >= 4 is 39.6 Å². The molecule has 0 saturated carbocycles. The number of esters is 1. The Hall–Kier alpha value is -3.76. The van der Waals surface area contributed by atoms with E-state index < -0.39 is 17.7 Å². The monoisotopic (exact) mass is 464 g/mol. The molecule has 0 bridgehead atoms. The number of carbonyl (C=O) groups is 2. The van der Waals surface area contributed by atoms with Crippen molar-refractivity contribution in [2.24, 2.45) is 0 Å². The van der Waals surface area contributed by atoms with Gasteiger partial charge in [0.2, 0.25) is 0 Å². The number of ether oxygens (including phenoxy) is 1. The summed E-state index contributed by atoms with van der Waals surface area (Å²) in [6.45, 7) is 0. The van der Waals surface area contributed by atoms with Crippen LogP contribution < -0.4 is 10.1 Å². The van der Waals surface area contributed by atoms with Crippen LogP contribution in [0.4, 0.5) is 10.1 Å². The molecule has 5 nitrogen and oxygen atoms in total. The highest BCUT2D eigenvalue weighted by molar-refractivity contribution is 9.10. The molecule has 7 heteroatoms. The van der Waals surface area contributed by atoms with Gasteiger partial charge in [0.25, 0.3) is 5.91 Å². The number of halogens is 2. The summed E-state index contributed by atoms with van der Waals surface area (Å²) in [7, 11) is 0. The lowest BCUT2D eigenvalue weighted by Crippen LogP contribution is -2.14. The highest BCUT2D eigenvalue weighted by Gasteiger charge is 2.13. The van der Waals surface area contributed by atoms with Crippen molar-refractivity contribution in [1.82, 2.24) is 0 Å². The Bertz CT molecular complexity index is 1150. The summed E-state index contributed by atoms with van der Waals surface area (Å²) in [6.07, 6.45) is 1.36. The molecule has 0 aliphatic heterocycles. The molecule has 1 N–H and O–H groups in total. The van der Waals surface area contributed by atoms with E-state index >= 15 is 0 Å². The standard InChI is InChI=1S/C23H14BrFN2O3/c24-18-8-11-21(20(25)13-18)27-22(28)17(14-26)12-15-6-9-19(10-7-15)30-23(29)16-4-2-1-3-5-16/h1-13H,(H,27,28)/b17-12+. The summed E-state index contributed by atoms with van der Waals surface area (Å²) >= 11 is 3.14. The Balaban J connectivity index is 1.70. The van der Waals surface area contributed by atoms with E-state index in [4.69, 9.17) is 4.74 Å². The largest absolute Gasteiger partial charge is 0.423 e. The molecule has 0 spiro atoms. The smallest absolute Gasteiger partial charge is 0.343 e. The maximum Gasteiger partial charge on any atom is 0.343 e. The Morgan fingerprint density at radius 3 is 2.37 bits per heavy atom. The molecule has 3 rings (SSSR count). The first-order chi connectivity index (χ1) is 14.5. The van der Waals surface area contributed by atoms with Crippen LogP contribution in [0.25, 0.3) is 6.08 Å². The molecule has 0 atom stereocenters. The van der Waals surface area contributed by atoms with Gasteiger partial charge in [-0.15, -0.1) is 0 Å². The predicted octanol–water partition coefficient (Wildman–Crippen LogP) is 5.35. The summed E-state index contributed by atoms with van der Waals surface area (Å²) in [6, 6.07) is 20.8. The maximum atomic E-state index is 13.9. The SMILES string of the molecule is N#C/C(=C\c1ccc(OC(=O)c2ccccc2)cc1)C(=O)Nc1ccc(Br)cc1F. The van der Waals surface area contributed by atoms with Crippen LogP contribution in [-0.4, -0.2) is 11.9 Å². The van der Waals surface area contributed by atoms with Crippen molar-refractivity contribution in [1.29, 1.82) is 5.26 Å². The van der Waals surface area contributed by atoms with Crippen molar-refractivity contribution in [3.8, 4) is 11.8 Å². The number of nitrogens with one attached hydrogen (secondary N) is 1. The minimum atomic E-state index is -0.738. The second-order valence-corrected chi connectivity index (χ2v) is 6.99. The summed E-state index contributed by atoms with van der Waals surface area (Å²) in [5.41, 5.74) is 0.724. The van der Waals surface area contributed by atoms with Crippen LogP contribution in [-0.2, 0) is 4.79 Å². The van der Waals surface area contributed by atoms with Crippen molar-refractivity contribution in [2.45, 2.75) is 0 Å². The topological polar surface area (TPSA) is 79.2 Å². The molecule has 3 aromatic rings. The molecule has 0 saturated heterocycles. The fourth-order valence-electron chi connectivity index (χ4n) is 2.47. The van der Waals surface area contributed by atoms with Gasteiger partial charge in [-0.1, -0.05) is 46.3 Å². The van der Waals surface area contributed by atoms with Gasteiger partial charge in [-0.05, 0) is 54.1 Å². The Labute approximate surface area is 180 Å². The molecule has 0 fully saturated rings. The quantitative estimate of drug-likeness (QED) is 0.238. The molecule has 0 aliphatic carbocycles. The van der Waals surface area contributed by atoms with Crippen LogP contribution in [0, 0.1) is 17.1 Å². The number of amides is 1. The first kappa shape index (κ1) is 21.0. The minimum absolute atomic E-state index is 0.0347. The highest BCUT2D eigenvalue weighted by atomic mass is 79.9. The van der Waals surface area contributed by atoms with Crippen molar-refractivity contribution < 1.29 is 18.7 Å². The Morgan fingerprint density at radius 1 is 1.03 bits per heavy atom. The third kappa shape index (κ3) is 5.40. The maximum absolute atomic E-state index is 13.9. The van der Waals surface area contributed by atoms with Crippen molar-refractivity contribution in [3.05, 3.63) is 99.8 Å². The number of benzene rings is 3.